The number of nitrogens with one attached hydrogen (secondary N) is 3. The van der Waals surface area contributed by atoms with Crippen LogP contribution in [0.25, 0.3) is 22.2 Å². The van der Waals surface area contributed by atoms with Crippen molar-refractivity contribution in [3.8, 4) is 17.0 Å². The van der Waals surface area contributed by atoms with Crippen molar-refractivity contribution in [2.75, 3.05) is 19.0 Å². The maximum Gasteiger partial charge on any atom is 0.223 e. The van der Waals surface area contributed by atoms with Crippen LogP contribution < -0.4 is 10.1 Å². The highest BCUT2D eigenvalue weighted by atomic mass is 16.5. The predicted molar refractivity (Wildman–Crippen MR) is 129 cm³/mol. The Bertz CT molecular complexity index is 1170. The Balaban J connectivity index is 1.72. The maximum atomic E-state index is 8.88. The van der Waals surface area contributed by atoms with Crippen molar-refractivity contribution in [3.63, 3.8) is 0 Å². The summed E-state index contributed by atoms with van der Waals surface area (Å²) in [5.74, 6) is 1.27. The molecule has 0 bridgehead atoms. The molecule has 1 heterocycles. The van der Waals surface area contributed by atoms with Gasteiger partial charge in [0.25, 0.3) is 0 Å². The highest BCUT2D eigenvalue weighted by Gasteiger charge is 2.33. The fourth-order valence-electron chi connectivity index (χ4n) is 4.47. The number of benzene rings is 2. The van der Waals surface area contributed by atoms with E-state index in [1.54, 1.807) is 0 Å². The minimum atomic E-state index is 0.0572. The summed E-state index contributed by atoms with van der Waals surface area (Å²) in [6, 6.07) is 14.8. The van der Waals surface area contributed by atoms with Gasteiger partial charge in [-0.15, -0.1) is 0 Å². The zero-order valence-corrected chi connectivity index (χ0v) is 18.7. The van der Waals surface area contributed by atoms with Gasteiger partial charge >= 0.3 is 0 Å². The summed E-state index contributed by atoms with van der Waals surface area (Å²) in [6.45, 7) is 2.60. The number of fused-ring (bicyclic) bond motifs is 1. The number of hydrogen-bond donors (Lipinski definition) is 3. The van der Waals surface area contributed by atoms with Gasteiger partial charge < -0.3 is 19.4 Å². The van der Waals surface area contributed by atoms with Crippen LogP contribution in [-0.4, -0.2) is 30.0 Å². The quantitative estimate of drug-likeness (QED) is 0.308. The first kappa shape index (κ1) is 20.6. The lowest BCUT2D eigenvalue weighted by atomic mass is 9.92. The zero-order valence-electron chi connectivity index (χ0n) is 18.7. The van der Waals surface area contributed by atoms with Gasteiger partial charge in [-0.1, -0.05) is 12.1 Å². The SMILES string of the molecule is CCOc1ccc2c(C(=N)OC(=N)C3CC3)c(-c3ccc(NC)cc3)n(C3CCC3)c2c1. The molecule has 2 aliphatic carbocycles. The molecule has 0 atom stereocenters. The lowest BCUT2D eigenvalue weighted by Crippen LogP contribution is -2.19. The van der Waals surface area contributed by atoms with Gasteiger partial charge in [0.05, 0.1) is 23.4 Å². The number of ether oxygens (including phenoxy) is 2. The molecular weight excluding hydrogens is 400 g/mol. The van der Waals surface area contributed by atoms with E-state index in [1.807, 2.05) is 26.1 Å². The number of rotatable bonds is 7. The largest absolute Gasteiger partial charge is 0.494 e. The molecule has 2 fully saturated rings. The van der Waals surface area contributed by atoms with E-state index < -0.39 is 0 Å². The number of anilines is 1. The van der Waals surface area contributed by atoms with Crippen molar-refractivity contribution in [3.05, 3.63) is 48.0 Å². The Kier molecular flexibility index (Phi) is 5.37. The van der Waals surface area contributed by atoms with Crippen molar-refractivity contribution in [1.82, 2.24) is 4.57 Å². The third-order valence-electron chi connectivity index (χ3n) is 6.56. The van der Waals surface area contributed by atoms with Crippen LogP contribution in [0, 0.1) is 16.7 Å². The summed E-state index contributed by atoms with van der Waals surface area (Å²) in [5.41, 5.74) is 4.91. The smallest absolute Gasteiger partial charge is 0.223 e. The van der Waals surface area contributed by atoms with Gasteiger partial charge in [-0.05, 0) is 68.9 Å². The molecule has 3 aromatic rings. The minimum absolute atomic E-state index is 0.0572. The van der Waals surface area contributed by atoms with Gasteiger partial charge in [-0.2, -0.15) is 0 Å². The van der Waals surface area contributed by atoms with Crippen LogP contribution in [0.2, 0.25) is 0 Å². The molecule has 0 radical (unpaired) electrons. The molecule has 166 valence electrons. The molecule has 2 aromatic carbocycles. The minimum Gasteiger partial charge on any atom is -0.494 e. The van der Waals surface area contributed by atoms with Gasteiger partial charge in [-0.25, -0.2) is 0 Å². The second-order valence-electron chi connectivity index (χ2n) is 8.69. The number of hydrogen-bond acceptors (Lipinski definition) is 5. The molecule has 0 spiro atoms. The van der Waals surface area contributed by atoms with Crippen LogP contribution in [0.4, 0.5) is 5.69 Å². The summed E-state index contributed by atoms with van der Waals surface area (Å²) < 4.78 is 14.0. The Hall–Kier alpha value is -3.28. The molecule has 5 rings (SSSR count). The summed E-state index contributed by atoms with van der Waals surface area (Å²) in [7, 11) is 1.91. The molecule has 6 nitrogen and oxygen atoms in total. The van der Waals surface area contributed by atoms with Gasteiger partial charge in [0.2, 0.25) is 5.90 Å². The molecule has 2 aliphatic rings. The Morgan fingerprint density at radius 2 is 1.81 bits per heavy atom. The maximum absolute atomic E-state index is 8.88. The molecular formula is C26H30N4O2. The van der Waals surface area contributed by atoms with Crippen LogP contribution in [0.5, 0.6) is 5.75 Å². The van der Waals surface area contributed by atoms with Crippen LogP contribution in [0.3, 0.4) is 0 Å². The van der Waals surface area contributed by atoms with E-state index in [4.69, 9.17) is 20.3 Å². The van der Waals surface area contributed by atoms with Crippen molar-refractivity contribution in [1.29, 1.82) is 10.8 Å². The Morgan fingerprint density at radius 1 is 1.06 bits per heavy atom. The van der Waals surface area contributed by atoms with Crippen molar-refractivity contribution in [2.45, 2.75) is 45.1 Å². The second kappa shape index (κ2) is 8.34. The van der Waals surface area contributed by atoms with Crippen LogP contribution in [-0.2, 0) is 4.74 Å². The first-order valence-electron chi connectivity index (χ1n) is 11.5. The zero-order chi connectivity index (χ0) is 22.2. The summed E-state index contributed by atoms with van der Waals surface area (Å²) in [6.07, 6.45) is 5.41. The van der Waals surface area contributed by atoms with Crippen LogP contribution >= 0.6 is 0 Å². The average Bonchev–Trinajstić information content (AvgIpc) is 3.56. The van der Waals surface area contributed by atoms with E-state index in [-0.39, 0.29) is 17.7 Å². The Morgan fingerprint density at radius 3 is 2.41 bits per heavy atom. The summed E-state index contributed by atoms with van der Waals surface area (Å²) >= 11 is 0. The Labute approximate surface area is 188 Å². The summed E-state index contributed by atoms with van der Waals surface area (Å²) in [5, 5.41) is 21.3. The molecule has 0 amide bonds. The van der Waals surface area contributed by atoms with Gasteiger partial charge in [0.1, 0.15) is 5.75 Å². The number of nitrogens with zero attached hydrogens (tertiary/aromatic N) is 1. The van der Waals surface area contributed by atoms with Crippen molar-refractivity contribution in [2.24, 2.45) is 5.92 Å². The normalized spacial score (nSPS) is 15.9. The molecule has 0 unspecified atom stereocenters. The molecule has 32 heavy (non-hydrogen) atoms. The standard InChI is InChI=1S/C26H30N4O2/c1-3-31-20-13-14-21-22(15-20)30(19-5-4-6-19)24(16-9-11-18(29-2)12-10-16)23(21)26(28)32-25(27)17-7-8-17/h9-15,17,19,27-29H,3-8H2,1-2H3. The molecule has 0 saturated heterocycles. The fraction of sp³-hybridized carbons (Fsp3) is 0.385. The molecule has 0 aliphatic heterocycles. The van der Waals surface area contributed by atoms with Crippen LogP contribution in [0.1, 0.15) is 50.6 Å². The average molecular weight is 431 g/mol. The van der Waals surface area contributed by atoms with Crippen molar-refractivity contribution >= 4 is 28.4 Å². The van der Waals surface area contributed by atoms with Crippen LogP contribution in [0.15, 0.2) is 42.5 Å². The highest BCUT2D eigenvalue weighted by Crippen LogP contribution is 2.44. The third kappa shape index (κ3) is 3.64. The molecule has 2 saturated carbocycles. The monoisotopic (exact) mass is 430 g/mol. The first-order valence-corrected chi connectivity index (χ1v) is 11.5. The highest BCUT2D eigenvalue weighted by molar-refractivity contribution is 6.14. The lowest BCUT2D eigenvalue weighted by molar-refractivity contribution is 0.322. The van der Waals surface area contributed by atoms with Gasteiger partial charge in [0.15, 0.2) is 5.90 Å². The van der Waals surface area contributed by atoms with E-state index in [0.29, 0.717) is 12.6 Å². The second-order valence-corrected chi connectivity index (χ2v) is 8.69. The third-order valence-corrected chi connectivity index (χ3v) is 6.56. The summed E-state index contributed by atoms with van der Waals surface area (Å²) in [4.78, 5) is 0. The van der Waals surface area contributed by atoms with E-state index >= 15 is 0 Å². The first-order chi connectivity index (χ1) is 15.6. The number of aromatic nitrogens is 1. The van der Waals surface area contributed by atoms with E-state index in [0.717, 1.165) is 64.8 Å². The van der Waals surface area contributed by atoms with Crippen molar-refractivity contribution < 1.29 is 9.47 Å². The fourth-order valence-corrected chi connectivity index (χ4v) is 4.47. The predicted octanol–water partition coefficient (Wildman–Crippen LogP) is 6.20. The van der Waals surface area contributed by atoms with E-state index in [2.05, 4.69) is 40.2 Å². The van der Waals surface area contributed by atoms with Gasteiger partial charge in [-0.3, -0.25) is 10.8 Å². The van der Waals surface area contributed by atoms with E-state index in [1.165, 1.54) is 6.42 Å². The topological polar surface area (TPSA) is 83.1 Å². The lowest BCUT2D eigenvalue weighted by Gasteiger charge is -2.30. The molecule has 3 N–H and O–H groups in total. The van der Waals surface area contributed by atoms with Gasteiger partial charge in [0, 0.05) is 36.1 Å². The van der Waals surface area contributed by atoms with E-state index in [9.17, 15) is 0 Å². The molecule has 6 heteroatoms. The molecule has 1 aromatic heterocycles.